The summed E-state index contributed by atoms with van der Waals surface area (Å²) in [5.74, 6) is 1.07. The predicted octanol–water partition coefficient (Wildman–Crippen LogP) is 3.90. The third-order valence-corrected chi connectivity index (χ3v) is 6.20. The smallest absolute Gasteiger partial charge is 0.230 e. The van der Waals surface area contributed by atoms with Gasteiger partial charge in [0.2, 0.25) is 11.8 Å². The van der Waals surface area contributed by atoms with Crippen molar-refractivity contribution in [1.29, 1.82) is 0 Å². The summed E-state index contributed by atoms with van der Waals surface area (Å²) < 4.78 is 0. The minimum Gasteiger partial charge on any atom is -0.342 e. The Morgan fingerprint density at radius 1 is 1.15 bits per heavy atom. The summed E-state index contributed by atoms with van der Waals surface area (Å²) in [5, 5.41) is 0. The minimum absolute atomic E-state index is 0.231. The van der Waals surface area contributed by atoms with Crippen molar-refractivity contribution in [1.82, 2.24) is 9.80 Å². The summed E-state index contributed by atoms with van der Waals surface area (Å²) in [4.78, 5) is 29.7. The Balaban J connectivity index is 1.52. The van der Waals surface area contributed by atoms with Crippen LogP contribution in [0.5, 0.6) is 0 Å². The van der Waals surface area contributed by atoms with Gasteiger partial charge in [0, 0.05) is 32.6 Å². The Morgan fingerprint density at radius 2 is 1.93 bits per heavy atom. The van der Waals surface area contributed by atoms with Crippen LogP contribution in [-0.2, 0) is 16.0 Å². The molecule has 4 heteroatoms. The molecule has 2 fully saturated rings. The molecular weight excluding hydrogens is 336 g/mol. The van der Waals surface area contributed by atoms with Crippen LogP contribution in [0.4, 0.5) is 0 Å². The lowest BCUT2D eigenvalue weighted by molar-refractivity contribution is -0.146. The van der Waals surface area contributed by atoms with E-state index in [1.54, 1.807) is 0 Å². The summed E-state index contributed by atoms with van der Waals surface area (Å²) >= 11 is 0. The van der Waals surface area contributed by atoms with Crippen LogP contribution in [0, 0.1) is 11.3 Å². The highest BCUT2D eigenvalue weighted by Crippen LogP contribution is 2.40. The summed E-state index contributed by atoms with van der Waals surface area (Å²) in [6.07, 6.45) is 6.40. The van der Waals surface area contributed by atoms with E-state index in [0.29, 0.717) is 24.8 Å². The van der Waals surface area contributed by atoms with E-state index in [9.17, 15) is 9.59 Å². The minimum atomic E-state index is -0.307. The van der Waals surface area contributed by atoms with Gasteiger partial charge < -0.3 is 9.80 Å². The average molecular weight is 371 g/mol. The quantitative estimate of drug-likeness (QED) is 0.730. The van der Waals surface area contributed by atoms with Gasteiger partial charge >= 0.3 is 0 Å². The van der Waals surface area contributed by atoms with Crippen molar-refractivity contribution in [2.24, 2.45) is 11.3 Å². The van der Waals surface area contributed by atoms with Gasteiger partial charge in [-0.15, -0.1) is 0 Å². The predicted molar refractivity (Wildman–Crippen MR) is 108 cm³/mol. The largest absolute Gasteiger partial charge is 0.342 e. The lowest BCUT2D eigenvalue weighted by Gasteiger charge is -2.39. The molecule has 3 rings (SSSR count). The fraction of sp³-hybridized carbons (Fsp3) is 0.652. The van der Waals surface area contributed by atoms with Crippen LogP contribution in [0.2, 0.25) is 0 Å². The van der Waals surface area contributed by atoms with Gasteiger partial charge in [0.15, 0.2) is 0 Å². The molecule has 2 aliphatic heterocycles. The van der Waals surface area contributed by atoms with Crippen LogP contribution in [0.1, 0.15) is 57.9 Å². The number of piperidine rings is 1. The van der Waals surface area contributed by atoms with Gasteiger partial charge in [-0.2, -0.15) is 0 Å². The molecule has 2 heterocycles. The number of hydrogen-bond acceptors (Lipinski definition) is 2. The zero-order valence-corrected chi connectivity index (χ0v) is 17.0. The van der Waals surface area contributed by atoms with Gasteiger partial charge in [0.25, 0.3) is 0 Å². The van der Waals surface area contributed by atoms with E-state index in [4.69, 9.17) is 0 Å². The van der Waals surface area contributed by atoms with Crippen LogP contribution < -0.4 is 0 Å². The first-order chi connectivity index (χ1) is 13.0. The molecule has 1 spiro atoms. The van der Waals surface area contributed by atoms with Crippen LogP contribution in [0.25, 0.3) is 0 Å². The first-order valence-electron chi connectivity index (χ1n) is 10.6. The van der Waals surface area contributed by atoms with Crippen LogP contribution in [-0.4, -0.2) is 47.8 Å². The average Bonchev–Trinajstić information content (AvgIpc) is 3.09. The lowest BCUT2D eigenvalue weighted by Crippen LogP contribution is -2.50. The number of hydrogen-bond donors (Lipinski definition) is 0. The maximum Gasteiger partial charge on any atom is 0.230 e. The van der Waals surface area contributed by atoms with Crippen LogP contribution in [0.15, 0.2) is 30.3 Å². The Labute approximate surface area is 163 Å². The Hall–Kier alpha value is -1.84. The number of aryl methyl sites for hydroxylation is 1. The van der Waals surface area contributed by atoms with E-state index < -0.39 is 0 Å². The van der Waals surface area contributed by atoms with Gasteiger partial charge in [0.05, 0.1) is 5.41 Å². The normalized spacial score (nSPS) is 22.9. The molecule has 1 unspecified atom stereocenters. The standard InChI is InChI=1S/C23H34N2O2/c1-19(2)11-12-21(26)25-17-14-23(18-25)13-7-16-24(22(23)27)15-6-10-20-8-4-3-5-9-20/h3-5,8-9,19H,6-7,10-18H2,1-2H3. The summed E-state index contributed by atoms with van der Waals surface area (Å²) in [6, 6.07) is 10.5. The molecule has 1 aromatic rings. The zero-order chi connectivity index (χ0) is 19.3. The number of carbonyl (C=O) groups is 2. The number of benzene rings is 1. The van der Waals surface area contributed by atoms with Crippen molar-refractivity contribution in [3.63, 3.8) is 0 Å². The van der Waals surface area contributed by atoms with E-state index in [1.807, 2.05) is 11.0 Å². The second-order valence-corrected chi connectivity index (χ2v) is 8.76. The number of rotatable bonds is 7. The molecular formula is C23H34N2O2. The lowest BCUT2D eigenvalue weighted by atomic mass is 9.78. The molecule has 0 N–H and O–H groups in total. The van der Waals surface area contributed by atoms with Crippen LogP contribution >= 0.6 is 0 Å². The number of likely N-dealkylation sites (tertiary alicyclic amines) is 2. The van der Waals surface area contributed by atoms with Crippen molar-refractivity contribution < 1.29 is 9.59 Å². The monoisotopic (exact) mass is 370 g/mol. The molecule has 0 aliphatic carbocycles. The third kappa shape index (κ3) is 4.91. The zero-order valence-electron chi connectivity index (χ0n) is 17.0. The molecule has 4 nitrogen and oxygen atoms in total. The molecule has 0 bridgehead atoms. The summed E-state index contributed by atoms with van der Waals surface area (Å²) in [5.41, 5.74) is 1.03. The van der Waals surface area contributed by atoms with Gasteiger partial charge in [-0.1, -0.05) is 44.2 Å². The van der Waals surface area contributed by atoms with E-state index >= 15 is 0 Å². The Bertz CT molecular complexity index is 643. The molecule has 1 atom stereocenters. The first-order valence-corrected chi connectivity index (χ1v) is 10.6. The highest BCUT2D eigenvalue weighted by Gasteiger charge is 2.49. The first kappa shape index (κ1) is 19.9. The van der Waals surface area contributed by atoms with Crippen molar-refractivity contribution in [3.8, 4) is 0 Å². The number of carbonyl (C=O) groups excluding carboxylic acids is 2. The molecule has 2 amide bonds. The summed E-state index contributed by atoms with van der Waals surface area (Å²) in [7, 11) is 0. The van der Waals surface area contributed by atoms with Crippen molar-refractivity contribution in [2.75, 3.05) is 26.2 Å². The second-order valence-electron chi connectivity index (χ2n) is 8.76. The van der Waals surface area contributed by atoms with Crippen molar-refractivity contribution >= 4 is 11.8 Å². The molecule has 0 saturated carbocycles. The molecule has 2 saturated heterocycles. The van der Waals surface area contributed by atoms with E-state index in [2.05, 4.69) is 43.0 Å². The van der Waals surface area contributed by atoms with Crippen molar-refractivity contribution in [3.05, 3.63) is 35.9 Å². The highest BCUT2D eigenvalue weighted by molar-refractivity contribution is 5.86. The fourth-order valence-electron chi connectivity index (χ4n) is 4.52. The molecule has 0 aromatic heterocycles. The maximum absolute atomic E-state index is 13.2. The topological polar surface area (TPSA) is 40.6 Å². The molecule has 0 radical (unpaired) electrons. The van der Waals surface area contributed by atoms with Gasteiger partial charge in [-0.3, -0.25) is 9.59 Å². The molecule has 2 aliphatic rings. The fourth-order valence-corrected chi connectivity index (χ4v) is 4.52. The Morgan fingerprint density at radius 3 is 2.67 bits per heavy atom. The van der Waals surface area contributed by atoms with Crippen molar-refractivity contribution in [2.45, 2.75) is 58.8 Å². The highest BCUT2D eigenvalue weighted by atomic mass is 16.2. The van der Waals surface area contributed by atoms with Gasteiger partial charge in [-0.25, -0.2) is 0 Å². The van der Waals surface area contributed by atoms with Gasteiger partial charge in [0.1, 0.15) is 0 Å². The number of amides is 2. The van der Waals surface area contributed by atoms with E-state index in [-0.39, 0.29) is 11.3 Å². The molecule has 27 heavy (non-hydrogen) atoms. The van der Waals surface area contributed by atoms with E-state index in [0.717, 1.165) is 58.2 Å². The maximum atomic E-state index is 13.2. The molecule has 148 valence electrons. The SMILES string of the molecule is CC(C)CCC(=O)N1CCC2(CCCN(CCCc3ccccc3)C2=O)C1. The second kappa shape index (κ2) is 8.90. The third-order valence-electron chi connectivity index (χ3n) is 6.20. The van der Waals surface area contributed by atoms with E-state index in [1.165, 1.54) is 5.56 Å². The van der Waals surface area contributed by atoms with Crippen LogP contribution in [0.3, 0.4) is 0 Å². The number of nitrogens with zero attached hydrogens (tertiary/aromatic N) is 2. The Kier molecular flexibility index (Phi) is 6.56. The van der Waals surface area contributed by atoms with Gasteiger partial charge in [-0.05, 0) is 50.0 Å². The molecule has 1 aromatic carbocycles. The summed E-state index contributed by atoms with van der Waals surface area (Å²) in [6.45, 7) is 7.39.